The molecule has 15 heavy (non-hydrogen) atoms. The number of hydrogen-bond acceptors (Lipinski definition) is 3. The normalized spacial score (nSPS) is 16.1. The summed E-state index contributed by atoms with van der Waals surface area (Å²) in [6.45, 7) is 1.05. The van der Waals surface area contributed by atoms with Crippen molar-refractivity contribution in [2.75, 3.05) is 6.61 Å². The van der Waals surface area contributed by atoms with Crippen LogP contribution in [0.2, 0.25) is 0 Å². The summed E-state index contributed by atoms with van der Waals surface area (Å²) in [5.41, 5.74) is 2.44. The lowest BCUT2D eigenvalue weighted by Gasteiger charge is -2.18. The summed E-state index contributed by atoms with van der Waals surface area (Å²) in [5, 5.41) is 0. The highest BCUT2D eigenvalue weighted by molar-refractivity contribution is 7.85. The van der Waals surface area contributed by atoms with Crippen molar-refractivity contribution in [2.45, 2.75) is 18.8 Å². The van der Waals surface area contributed by atoms with E-state index < -0.39 is 16.0 Å². The molecule has 0 saturated carbocycles. The monoisotopic (exact) mass is 230 g/mol. The summed E-state index contributed by atoms with van der Waals surface area (Å²) in [6, 6.07) is 5.26. The number of hydrogen-bond donors (Lipinski definition) is 0. The van der Waals surface area contributed by atoms with Crippen LogP contribution < -0.4 is 0 Å². The van der Waals surface area contributed by atoms with Crippen molar-refractivity contribution >= 4 is 10.2 Å². The van der Waals surface area contributed by atoms with Crippen molar-refractivity contribution in [2.24, 2.45) is 0 Å². The summed E-state index contributed by atoms with van der Waals surface area (Å²) in [5.74, 6) is -0.532. The molecular formula is C10H11FO3S. The molecule has 0 spiro atoms. The van der Waals surface area contributed by atoms with Gasteiger partial charge in [-0.2, -0.15) is 8.42 Å². The molecule has 1 heterocycles. The van der Waals surface area contributed by atoms with Gasteiger partial charge in [-0.1, -0.05) is 18.2 Å². The molecule has 82 valence electrons. The van der Waals surface area contributed by atoms with Crippen molar-refractivity contribution in [3.05, 3.63) is 34.9 Å². The van der Waals surface area contributed by atoms with Crippen molar-refractivity contribution in [1.29, 1.82) is 0 Å². The van der Waals surface area contributed by atoms with Gasteiger partial charge in [0.1, 0.15) is 5.75 Å². The Labute approximate surface area is 88.1 Å². The Bertz CT molecular complexity index is 468. The minimum absolute atomic E-state index is 0.482. The van der Waals surface area contributed by atoms with E-state index >= 15 is 0 Å². The maximum atomic E-state index is 12.6. The molecule has 0 aromatic heterocycles. The Morgan fingerprint density at radius 3 is 2.93 bits per heavy atom. The molecule has 1 aliphatic heterocycles. The van der Waals surface area contributed by atoms with E-state index in [-0.39, 0.29) is 0 Å². The van der Waals surface area contributed by atoms with Crippen LogP contribution in [0.4, 0.5) is 3.89 Å². The van der Waals surface area contributed by atoms with E-state index in [1.54, 1.807) is 12.1 Å². The van der Waals surface area contributed by atoms with Crippen LogP contribution in [0.15, 0.2) is 18.2 Å². The average Bonchev–Trinajstić information content (AvgIpc) is 2.16. The Hall–Kier alpha value is -0.940. The molecule has 0 fully saturated rings. The highest BCUT2D eigenvalue weighted by Gasteiger charge is 2.17. The van der Waals surface area contributed by atoms with Crippen molar-refractivity contribution in [1.82, 2.24) is 0 Å². The van der Waals surface area contributed by atoms with E-state index in [0.717, 1.165) is 11.1 Å². The largest absolute Gasteiger partial charge is 0.376 e. The van der Waals surface area contributed by atoms with Crippen molar-refractivity contribution < 1.29 is 17.0 Å². The Balaban J connectivity index is 2.39. The van der Waals surface area contributed by atoms with Gasteiger partial charge in [0.05, 0.1) is 13.2 Å². The maximum absolute atomic E-state index is 12.6. The van der Waals surface area contributed by atoms with Gasteiger partial charge >= 0.3 is 10.2 Å². The smallest absolute Gasteiger partial charge is 0.306 e. The first kappa shape index (κ1) is 10.6. The van der Waals surface area contributed by atoms with Gasteiger partial charge in [0.25, 0.3) is 0 Å². The summed E-state index contributed by atoms with van der Waals surface area (Å²) >= 11 is 0. The molecule has 0 atom stereocenters. The van der Waals surface area contributed by atoms with Gasteiger partial charge in [0, 0.05) is 0 Å². The van der Waals surface area contributed by atoms with Crippen LogP contribution in [0.25, 0.3) is 0 Å². The van der Waals surface area contributed by atoms with E-state index in [1.807, 2.05) is 6.07 Å². The maximum Gasteiger partial charge on any atom is 0.306 e. The van der Waals surface area contributed by atoms with Gasteiger partial charge in [0.15, 0.2) is 0 Å². The molecule has 0 aliphatic carbocycles. The molecule has 0 bridgehead atoms. The van der Waals surface area contributed by atoms with Crippen molar-refractivity contribution in [3.63, 3.8) is 0 Å². The number of fused-ring (bicyclic) bond motifs is 1. The van der Waals surface area contributed by atoms with E-state index in [0.29, 0.717) is 25.2 Å². The molecule has 2 rings (SSSR count). The van der Waals surface area contributed by atoms with E-state index in [1.165, 1.54) is 0 Å². The highest BCUT2D eigenvalue weighted by atomic mass is 32.3. The molecule has 0 amide bonds. The molecule has 1 aliphatic rings. The summed E-state index contributed by atoms with van der Waals surface area (Å²) in [6.07, 6.45) is 0.654. The van der Waals surface area contributed by atoms with E-state index in [2.05, 4.69) is 0 Å². The lowest BCUT2D eigenvalue weighted by Crippen LogP contribution is -2.13. The van der Waals surface area contributed by atoms with E-state index in [4.69, 9.17) is 4.74 Å². The van der Waals surface area contributed by atoms with Crippen molar-refractivity contribution in [3.8, 4) is 0 Å². The molecule has 0 unspecified atom stereocenters. The molecule has 0 radical (unpaired) electrons. The fourth-order valence-corrected chi connectivity index (χ4v) is 2.46. The lowest BCUT2D eigenvalue weighted by atomic mass is 9.98. The fraction of sp³-hybridized carbons (Fsp3) is 0.400. The Kier molecular flexibility index (Phi) is 2.75. The fourth-order valence-electron chi connectivity index (χ4n) is 1.82. The minimum Gasteiger partial charge on any atom is -0.376 e. The van der Waals surface area contributed by atoms with Gasteiger partial charge in [0.2, 0.25) is 0 Å². The van der Waals surface area contributed by atoms with Gasteiger partial charge in [-0.15, -0.1) is 3.89 Å². The van der Waals surface area contributed by atoms with Gasteiger partial charge in [-0.3, -0.25) is 0 Å². The first-order chi connectivity index (χ1) is 7.06. The molecule has 5 heteroatoms. The third kappa shape index (κ3) is 2.54. The average molecular weight is 230 g/mol. The zero-order valence-corrected chi connectivity index (χ0v) is 8.89. The first-order valence-electron chi connectivity index (χ1n) is 4.66. The standard InChI is InChI=1S/C10H11FO3S/c11-15(12,13)7-9-3-1-2-8-6-14-5-4-10(8)9/h1-3H,4-7H2. The molecule has 0 N–H and O–H groups in total. The molecule has 0 saturated heterocycles. The quantitative estimate of drug-likeness (QED) is 0.724. The SMILES string of the molecule is O=S(=O)(F)Cc1cccc2c1CCOC2. The molecular weight excluding hydrogens is 219 g/mol. The zero-order valence-electron chi connectivity index (χ0n) is 8.07. The first-order valence-corrected chi connectivity index (χ1v) is 6.21. The van der Waals surface area contributed by atoms with Gasteiger partial charge in [-0.05, 0) is 23.1 Å². The number of ether oxygens (including phenoxy) is 1. The van der Waals surface area contributed by atoms with Crippen LogP contribution in [0.1, 0.15) is 16.7 Å². The molecule has 1 aromatic carbocycles. The second kappa shape index (κ2) is 3.90. The highest BCUT2D eigenvalue weighted by Crippen LogP contribution is 2.22. The lowest BCUT2D eigenvalue weighted by molar-refractivity contribution is 0.110. The molecule has 3 nitrogen and oxygen atoms in total. The second-order valence-electron chi connectivity index (χ2n) is 3.54. The van der Waals surface area contributed by atoms with Crippen LogP contribution >= 0.6 is 0 Å². The van der Waals surface area contributed by atoms with Crippen LogP contribution in [-0.2, 0) is 33.7 Å². The predicted molar refractivity (Wildman–Crippen MR) is 53.5 cm³/mol. The third-order valence-electron chi connectivity index (χ3n) is 2.45. The summed E-state index contributed by atoms with van der Waals surface area (Å²) < 4.78 is 39.0. The predicted octanol–water partition coefficient (Wildman–Crippen LogP) is 1.56. The second-order valence-corrected chi connectivity index (χ2v) is 4.91. The third-order valence-corrected chi connectivity index (χ3v) is 3.11. The topological polar surface area (TPSA) is 43.4 Å². The van der Waals surface area contributed by atoms with Gasteiger partial charge < -0.3 is 4.74 Å². The van der Waals surface area contributed by atoms with Crippen LogP contribution in [-0.4, -0.2) is 15.0 Å². The Morgan fingerprint density at radius 1 is 1.40 bits per heavy atom. The summed E-state index contributed by atoms with van der Waals surface area (Å²) in [7, 11) is -4.45. The van der Waals surface area contributed by atoms with Crippen LogP contribution in [0.5, 0.6) is 0 Å². The Morgan fingerprint density at radius 2 is 2.20 bits per heavy atom. The van der Waals surface area contributed by atoms with Crippen LogP contribution in [0.3, 0.4) is 0 Å². The van der Waals surface area contributed by atoms with Gasteiger partial charge in [-0.25, -0.2) is 0 Å². The molecule has 1 aromatic rings. The zero-order chi connectivity index (χ0) is 10.9. The van der Waals surface area contributed by atoms with Crippen LogP contribution in [0, 0.1) is 0 Å². The number of halogens is 1. The number of benzene rings is 1. The van der Waals surface area contributed by atoms with E-state index in [9.17, 15) is 12.3 Å². The number of rotatable bonds is 2. The minimum atomic E-state index is -4.45. The summed E-state index contributed by atoms with van der Waals surface area (Å²) in [4.78, 5) is 0.